The van der Waals surface area contributed by atoms with E-state index in [4.69, 9.17) is 11.6 Å². The van der Waals surface area contributed by atoms with Crippen LogP contribution in [0.5, 0.6) is 0 Å². The van der Waals surface area contributed by atoms with Gasteiger partial charge < -0.3 is 4.74 Å². The second-order valence-electron chi connectivity index (χ2n) is 2.29. The van der Waals surface area contributed by atoms with Crippen LogP contribution in [0.2, 0.25) is 4.47 Å². The van der Waals surface area contributed by atoms with E-state index in [0.717, 1.165) is 0 Å². The topological polar surface area (TPSA) is 89.7 Å². The van der Waals surface area contributed by atoms with Crippen molar-refractivity contribution in [2.24, 2.45) is 4.99 Å². The van der Waals surface area contributed by atoms with Gasteiger partial charge in [-0.15, -0.1) is 11.3 Å². The van der Waals surface area contributed by atoms with E-state index >= 15 is 0 Å². The fourth-order valence-electron chi connectivity index (χ4n) is 0.731. The van der Waals surface area contributed by atoms with E-state index in [2.05, 4.69) is 14.7 Å². The summed E-state index contributed by atoms with van der Waals surface area (Å²) in [7, 11) is 1.28. The standard InChI is InChI=1S/C6H7ClN4O3S/c1-14-6(10-11(12)13)8-2-4-3-15-5(7)9-4/h3H,2H2,1H3,(H,8,10). The molecule has 82 valence electrons. The molecule has 1 aromatic rings. The van der Waals surface area contributed by atoms with Crippen molar-refractivity contribution in [3.05, 3.63) is 25.7 Å². The number of methoxy groups -OCH3 is 1. The Morgan fingerprint density at radius 1 is 1.93 bits per heavy atom. The number of aromatic nitrogens is 1. The monoisotopic (exact) mass is 250 g/mol. The van der Waals surface area contributed by atoms with E-state index in [-0.39, 0.29) is 12.6 Å². The van der Waals surface area contributed by atoms with Gasteiger partial charge in [0.1, 0.15) is 0 Å². The number of nitrogens with zero attached hydrogens (tertiary/aromatic N) is 3. The van der Waals surface area contributed by atoms with E-state index in [1.165, 1.54) is 18.4 Å². The smallest absolute Gasteiger partial charge is 0.344 e. The highest BCUT2D eigenvalue weighted by Gasteiger charge is 2.05. The molecule has 0 spiro atoms. The summed E-state index contributed by atoms with van der Waals surface area (Å²) in [5.74, 6) is 0. The minimum Gasteiger partial charge on any atom is -0.465 e. The Balaban J connectivity index is 2.57. The maximum absolute atomic E-state index is 10.1. The summed E-state index contributed by atoms with van der Waals surface area (Å²) in [6, 6.07) is -0.177. The van der Waals surface area contributed by atoms with E-state index in [9.17, 15) is 10.1 Å². The number of aliphatic imine (C=N–C) groups is 1. The lowest BCUT2D eigenvalue weighted by Crippen LogP contribution is -2.30. The molecule has 0 aliphatic carbocycles. The number of amidine groups is 1. The minimum absolute atomic E-state index is 0.174. The summed E-state index contributed by atoms with van der Waals surface area (Å²) in [4.78, 5) is 17.8. The zero-order valence-corrected chi connectivity index (χ0v) is 9.21. The van der Waals surface area contributed by atoms with Crippen molar-refractivity contribution in [2.45, 2.75) is 6.54 Å². The van der Waals surface area contributed by atoms with Gasteiger partial charge in [0.25, 0.3) is 0 Å². The summed E-state index contributed by atoms with van der Waals surface area (Å²) in [5, 5.41) is 11.0. The highest BCUT2D eigenvalue weighted by molar-refractivity contribution is 7.13. The maximum atomic E-state index is 10.1. The average molecular weight is 251 g/mol. The van der Waals surface area contributed by atoms with E-state index in [1.807, 2.05) is 0 Å². The maximum Gasteiger partial charge on any atom is 0.344 e. The molecule has 0 saturated carbocycles. The zero-order chi connectivity index (χ0) is 11.3. The molecule has 0 unspecified atom stereocenters. The molecule has 0 aromatic carbocycles. The van der Waals surface area contributed by atoms with Gasteiger partial charge in [0.05, 0.1) is 19.3 Å². The predicted octanol–water partition coefficient (Wildman–Crippen LogP) is 1.08. The molecule has 0 aliphatic heterocycles. The van der Waals surface area contributed by atoms with Crippen LogP contribution in [0, 0.1) is 10.1 Å². The van der Waals surface area contributed by atoms with Gasteiger partial charge >= 0.3 is 6.02 Å². The molecule has 7 nitrogen and oxygen atoms in total. The Labute approximate surface area is 93.9 Å². The lowest BCUT2D eigenvalue weighted by atomic mass is 10.5. The summed E-state index contributed by atoms with van der Waals surface area (Å²) >= 11 is 6.87. The summed E-state index contributed by atoms with van der Waals surface area (Å²) in [6.07, 6.45) is 0. The Bertz CT molecular complexity index is 380. The Kier molecular flexibility index (Phi) is 4.25. The molecule has 0 radical (unpaired) electrons. The number of nitrogens with one attached hydrogen (secondary N) is 1. The first-order chi connectivity index (χ1) is 7.11. The molecule has 0 bridgehead atoms. The van der Waals surface area contributed by atoms with Gasteiger partial charge in [-0.2, -0.15) is 0 Å². The first kappa shape index (κ1) is 11.7. The summed E-state index contributed by atoms with van der Waals surface area (Å²) in [5.41, 5.74) is 2.43. The van der Waals surface area contributed by atoms with Crippen LogP contribution < -0.4 is 5.43 Å². The van der Waals surface area contributed by atoms with Gasteiger partial charge in [-0.05, 0) is 0 Å². The van der Waals surface area contributed by atoms with Gasteiger partial charge in [0.2, 0.25) is 0 Å². The molecule has 0 fully saturated rings. The molecule has 9 heteroatoms. The highest BCUT2D eigenvalue weighted by Crippen LogP contribution is 2.15. The van der Waals surface area contributed by atoms with E-state index in [1.54, 1.807) is 10.8 Å². The molecule has 0 saturated heterocycles. The zero-order valence-electron chi connectivity index (χ0n) is 7.64. The molecule has 0 amide bonds. The van der Waals surface area contributed by atoms with Crippen LogP contribution in [0.1, 0.15) is 5.69 Å². The second-order valence-corrected chi connectivity index (χ2v) is 3.73. The molecule has 1 rings (SSSR count). The number of nitro groups is 1. The largest absolute Gasteiger partial charge is 0.465 e. The van der Waals surface area contributed by atoms with Crippen LogP contribution in [-0.2, 0) is 11.3 Å². The van der Waals surface area contributed by atoms with Crippen LogP contribution in [0.15, 0.2) is 10.4 Å². The van der Waals surface area contributed by atoms with Crippen LogP contribution in [0.25, 0.3) is 0 Å². The number of rotatable bonds is 3. The molecular formula is C6H7ClN4O3S. The van der Waals surface area contributed by atoms with Crippen LogP contribution >= 0.6 is 22.9 Å². The van der Waals surface area contributed by atoms with E-state index in [0.29, 0.717) is 10.2 Å². The van der Waals surface area contributed by atoms with Crippen molar-refractivity contribution in [2.75, 3.05) is 7.11 Å². The number of thiazole rings is 1. The van der Waals surface area contributed by atoms with Crippen molar-refractivity contribution in [1.82, 2.24) is 10.4 Å². The van der Waals surface area contributed by atoms with Crippen molar-refractivity contribution in [3.8, 4) is 0 Å². The third-order valence-corrected chi connectivity index (χ3v) is 2.32. The third kappa shape index (κ3) is 4.09. The lowest BCUT2D eigenvalue weighted by Gasteiger charge is -1.99. The summed E-state index contributed by atoms with van der Waals surface area (Å²) < 4.78 is 5.03. The van der Waals surface area contributed by atoms with Crippen molar-refractivity contribution in [1.29, 1.82) is 0 Å². The van der Waals surface area contributed by atoms with Crippen molar-refractivity contribution < 1.29 is 9.77 Å². The second kappa shape index (κ2) is 5.47. The number of hydrazine groups is 1. The van der Waals surface area contributed by atoms with Gasteiger partial charge in [0, 0.05) is 5.38 Å². The minimum atomic E-state index is -0.754. The van der Waals surface area contributed by atoms with Gasteiger partial charge in [0.15, 0.2) is 9.50 Å². The number of halogens is 1. The number of hydrogen-bond donors (Lipinski definition) is 1. The van der Waals surface area contributed by atoms with E-state index < -0.39 is 5.03 Å². The third-order valence-electron chi connectivity index (χ3n) is 1.29. The molecule has 0 aliphatic rings. The first-order valence-electron chi connectivity index (χ1n) is 3.71. The number of hydrogen-bond acceptors (Lipinski definition) is 6. The fraction of sp³-hybridized carbons (Fsp3) is 0.333. The number of ether oxygens (including phenoxy) is 1. The molecule has 1 heterocycles. The van der Waals surface area contributed by atoms with Crippen molar-refractivity contribution >= 4 is 29.0 Å². The first-order valence-corrected chi connectivity index (χ1v) is 4.97. The van der Waals surface area contributed by atoms with Crippen LogP contribution in [0.4, 0.5) is 0 Å². The molecular weight excluding hydrogens is 244 g/mol. The van der Waals surface area contributed by atoms with Gasteiger partial charge in [-0.1, -0.05) is 17.0 Å². The van der Waals surface area contributed by atoms with Crippen LogP contribution in [-0.4, -0.2) is 23.1 Å². The van der Waals surface area contributed by atoms with Crippen LogP contribution in [0.3, 0.4) is 0 Å². The Morgan fingerprint density at radius 3 is 3.13 bits per heavy atom. The summed E-state index contributed by atoms with van der Waals surface area (Å²) in [6.45, 7) is 0.174. The Morgan fingerprint density at radius 2 is 2.67 bits per heavy atom. The molecule has 15 heavy (non-hydrogen) atoms. The molecule has 1 aromatic heterocycles. The Hall–Kier alpha value is -1.41. The predicted molar refractivity (Wildman–Crippen MR) is 55.4 cm³/mol. The van der Waals surface area contributed by atoms with Gasteiger partial charge in [-0.3, -0.25) is 0 Å². The SMILES string of the molecule is COC(=NCc1csc(Cl)n1)N[N+](=O)[O-]. The average Bonchev–Trinajstić information content (AvgIpc) is 2.58. The highest BCUT2D eigenvalue weighted by atomic mass is 35.5. The molecule has 0 atom stereocenters. The normalized spacial score (nSPS) is 11.2. The fourth-order valence-corrected chi connectivity index (χ4v) is 1.50. The molecule has 1 N–H and O–H groups in total. The van der Waals surface area contributed by atoms with Gasteiger partial charge in [-0.25, -0.2) is 20.1 Å². The van der Waals surface area contributed by atoms with Crippen molar-refractivity contribution in [3.63, 3.8) is 0 Å². The quantitative estimate of drug-likeness (QED) is 0.375. The lowest BCUT2D eigenvalue weighted by molar-refractivity contribution is -0.527.